The first-order chi connectivity index (χ1) is 12.6. The van der Waals surface area contributed by atoms with E-state index in [1.807, 2.05) is 26.0 Å². The Morgan fingerprint density at radius 1 is 1.23 bits per heavy atom. The Morgan fingerprint density at radius 2 is 1.88 bits per heavy atom. The molecule has 2 rings (SSSR count). The molecule has 0 saturated carbocycles. The highest BCUT2D eigenvalue weighted by atomic mass is 16.7. The molecule has 1 atom stereocenters. The number of hydrogen-bond acceptors (Lipinski definition) is 5. The van der Waals surface area contributed by atoms with Gasteiger partial charge >= 0.3 is 6.03 Å². The van der Waals surface area contributed by atoms with Gasteiger partial charge in [-0.05, 0) is 38.1 Å². The third-order valence-electron chi connectivity index (χ3n) is 3.98. The molecule has 3 amide bonds. The summed E-state index contributed by atoms with van der Waals surface area (Å²) in [4.78, 5) is 26.0. The summed E-state index contributed by atoms with van der Waals surface area (Å²) in [5.74, 6) is 0.703. The molecule has 1 aliphatic heterocycles. The fourth-order valence-corrected chi connectivity index (χ4v) is 2.77. The van der Waals surface area contributed by atoms with Crippen LogP contribution in [0.3, 0.4) is 0 Å². The molecule has 0 spiro atoms. The molecule has 1 saturated heterocycles. The van der Waals surface area contributed by atoms with E-state index in [1.165, 1.54) is 0 Å². The van der Waals surface area contributed by atoms with Crippen LogP contribution in [-0.2, 0) is 14.3 Å². The number of nitrogens with one attached hydrogen (secondary N) is 2. The van der Waals surface area contributed by atoms with E-state index >= 15 is 0 Å². The highest BCUT2D eigenvalue weighted by Crippen LogP contribution is 2.24. The van der Waals surface area contributed by atoms with Crippen LogP contribution in [0, 0.1) is 0 Å². The van der Waals surface area contributed by atoms with E-state index in [1.54, 1.807) is 24.1 Å². The molecule has 1 fully saturated rings. The average Bonchev–Trinajstić information content (AvgIpc) is 3.00. The van der Waals surface area contributed by atoms with Crippen molar-refractivity contribution in [2.24, 2.45) is 0 Å². The van der Waals surface area contributed by atoms with Crippen molar-refractivity contribution in [2.45, 2.75) is 32.6 Å². The van der Waals surface area contributed by atoms with Gasteiger partial charge < -0.3 is 29.7 Å². The topological polar surface area (TPSA) is 89.1 Å². The molecule has 144 valence electrons. The Balaban J connectivity index is 1.83. The summed E-state index contributed by atoms with van der Waals surface area (Å²) < 4.78 is 15.9. The molecule has 2 N–H and O–H groups in total. The summed E-state index contributed by atoms with van der Waals surface area (Å²) >= 11 is 0. The van der Waals surface area contributed by atoms with E-state index in [0.717, 1.165) is 11.4 Å². The Hall–Kier alpha value is -2.32. The molecule has 1 aromatic rings. The predicted molar refractivity (Wildman–Crippen MR) is 97.3 cm³/mol. The highest BCUT2D eigenvalue weighted by molar-refractivity contribution is 5.96. The van der Waals surface area contributed by atoms with Gasteiger partial charge in [0.25, 0.3) is 0 Å². The smallest absolute Gasteiger partial charge is 0.315 e. The largest absolute Gasteiger partial charge is 0.497 e. The number of methoxy groups -OCH3 is 1. The number of urea groups is 1. The van der Waals surface area contributed by atoms with Crippen LogP contribution < -0.4 is 20.3 Å². The van der Waals surface area contributed by atoms with Gasteiger partial charge in [0.05, 0.1) is 19.7 Å². The fraction of sp³-hybridized carbons (Fsp3) is 0.556. The van der Waals surface area contributed by atoms with E-state index in [9.17, 15) is 9.59 Å². The summed E-state index contributed by atoms with van der Waals surface area (Å²) in [6, 6.07) is 6.67. The van der Waals surface area contributed by atoms with E-state index in [-0.39, 0.29) is 30.9 Å². The molecule has 0 aromatic heterocycles. The Labute approximate surface area is 153 Å². The van der Waals surface area contributed by atoms with Gasteiger partial charge in [-0.15, -0.1) is 0 Å². The molecule has 1 aromatic carbocycles. The van der Waals surface area contributed by atoms with Crippen LogP contribution in [0.25, 0.3) is 0 Å². The number of carbonyl (C=O) groups excluding carboxylic acids is 2. The van der Waals surface area contributed by atoms with Gasteiger partial charge in [0.15, 0.2) is 6.29 Å². The summed E-state index contributed by atoms with van der Waals surface area (Å²) in [6.07, 6.45) is -0.212. The number of rotatable bonds is 9. The van der Waals surface area contributed by atoms with E-state index < -0.39 is 6.29 Å². The zero-order chi connectivity index (χ0) is 18.9. The molecular formula is C18H27N3O5. The van der Waals surface area contributed by atoms with Crippen LogP contribution in [0.2, 0.25) is 0 Å². The Bertz CT molecular complexity index is 587. The fourth-order valence-electron chi connectivity index (χ4n) is 2.77. The van der Waals surface area contributed by atoms with Crippen LogP contribution >= 0.6 is 0 Å². The number of anilines is 1. The van der Waals surface area contributed by atoms with Crippen molar-refractivity contribution in [3.8, 4) is 5.75 Å². The molecule has 1 heterocycles. The first-order valence-electron chi connectivity index (χ1n) is 8.79. The summed E-state index contributed by atoms with van der Waals surface area (Å²) in [7, 11) is 1.59. The first-order valence-corrected chi connectivity index (χ1v) is 8.79. The van der Waals surface area contributed by atoms with Crippen molar-refractivity contribution in [3.05, 3.63) is 24.3 Å². The lowest BCUT2D eigenvalue weighted by Crippen LogP contribution is -2.46. The quantitative estimate of drug-likeness (QED) is 0.648. The second-order valence-corrected chi connectivity index (χ2v) is 5.80. The molecule has 26 heavy (non-hydrogen) atoms. The first kappa shape index (κ1) is 20.0. The molecule has 0 unspecified atom stereocenters. The molecule has 0 radical (unpaired) electrons. The number of nitrogens with zero attached hydrogens (tertiary/aromatic N) is 1. The molecule has 8 nitrogen and oxygen atoms in total. The summed E-state index contributed by atoms with van der Waals surface area (Å²) in [6.45, 7) is 5.41. The second kappa shape index (κ2) is 9.98. The lowest BCUT2D eigenvalue weighted by molar-refractivity contribution is -0.131. The van der Waals surface area contributed by atoms with Gasteiger partial charge in [-0.3, -0.25) is 4.79 Å². The van der Waals surface area contributed by atoms with Gasteiger partial charge in [-0.2, -0.15) is 0 Å². The third-order valence-corrected chi connectivity index (χ3v) is 3.98. The van der Waals surface area contributed by atoms with Crippen molar-refractivity contribution >= 4 is 17.6 Å². The number of hydrogen-bond donors (Lipinski definition) is 2. The normalized spacial score (nSPS) is 16.8. The lowest BCUT2D eigenvalue weighted by Gasteiger charge is -2.19. The standard InChI is InChI=1S/C18H27N3O5/c1-4-25-17(26-5-2)11-19-18(23)20-13-10-16(22)21(12-13)14-6-8-15(24-3)9-7-14/h6-9,13,17H,4-5,10-12H2,1-3H3,(H2,19,20,23)/t13-/m0/s1. The second-order valence-electron chi connectivity index (χ2n) is 5.80. The van der Waals surface area contributed by atoms with Crippen LogP contribution in [0.5, 0.6) is 5.75 Å². The minimum atomic E-state index is -0.475. The summed E-state index contributed by atoms with van der Waals surface area (Å²) in [5, 5.41) is 5.54. The SMILES string of the molecule is CCOC(CNC(=O)N[C@H]1CC(=O)N(c2ccc(OC)cc2)C1)OCC. The van der Waals surface area contributed by atoms with Crippen LogP contribution in [0.4, 0.5) is 10.5 Å². The van der Waals surface area contributed by atoms with Gasteiger partial charge in [0.1, 0.15) is 5.75 Å². The Kier molecular flexibility index (Phi) is 7.68. The monoisotopic (exact) mass is 365 g/mol. The van der Waals surface area contributed by atoms with Crippen molar-refractivity contribution in [1.82, 2.24) is 10.6 Å². The van der Waals surface area contributed by atoms with E-state index in [4.69, 9.17) is 14.2 Å². The lowest BCUT2D eigenvalue weighted by atomic mass is 10.2. The maximum atomic E-state index is 12.2. The minimum Gasteiger partial charge on any atom is -0.497 e. The summed E-state index contributed by atoms with van der Waals surface area (Å²) in [5.41, 5.74) is 0.785. The maximum absolute atomic E-state index is 12.2. The molecular weight excluding hydrogens is 338 g/mol. The van der Waals surface area contributed by atoms with Crippen LogP contribution in [0.1, 0.15) is 20.3 Å². The number of benzene rings is 1. The molecule has 8 heteroatoms. The third kappa shape index (κ3) is 5.60. The van der Waals surface area contributed by atoms with Gasteiger partial charge in [0, 0.05) is 31.9 Å². The van der Waals surface area contributed by atoms with Crippen molar-refractivity contribution in [2.75, 3.05) is 38.3 Å². The maximum Gasteiger partial charge on any atom is 0.315 e. The van der Waals surface area contributed by atoms with E-state index in [0.29, 0.717) is 19.8 Å². The van der Waals surface area contributed by atoms with Gasteiger partial charge in [-0.1, -0.05) is 0 Å². The highest BCUT2D eigenvalue weighted by Gasteiger charge is 2.31. The minimum absolute atomic E-state index is 0.0259. The molecule has 0 aliphatic carbocycles. The van der Waals surface area contributed by atoms with Gasteiger partial charge in [-0.25, -0.2) is 4.79 Å². The van der Waals surface area contributed by atoms with Crippen LogP contribution in [-0.4, -0.2) is 57.7 Å². The number of amides is 3. The van der Waals surface area contributed by atoms with Crippen molar-refractivity contribution in [1.29, 1.82) is 0 Å². The Morgan fingerprint density at radius 3 is 2.46 bits per heavy atom. The van der Waals surface area contributed by atoms with Crippen LogP contribution in [0.15, 0.2) is 24.3 Å². The van der Waals surface area contributed by atoms with Crippen molar-refractivity contribution in [3.63, 3.8) is 0 Å². The van der Waals surface area contributed by atoms with E-state index in [2.05, 4.69) is 10.6 Å². The molecule has 1 aliphatic rings. The van der Waals surface area contributed by atoms with Crippen molar-refractivity contribution < 1.29 is 23.8 Å². The average molecular weight is 365 g/mol. The van der Waals surface area contributed by atoms with Gasteiger partial charge in [0.2, 0.25) is 5.91 Å². The zero-order valence-electron chi connectivity index (χ0n) is 15.5. The number of ether oxygens (including phenoxy) is 3. The predicted octanol–water partition coefficient (Wildman–Crippen LogP) is 1.50. The zero-order valence-corrected chi connectivity index (χ0v) is 15.5. The number of carbonyl (C=O) groups is 2. The molecule has 0 bridgehead atoms.